The Morgan fingerprint density at radius 2 is 1.69 bits per heavy atom. The maximum absolute atomic E-state index is 5.67. The second-order valence-electron chi connectivity index (χ2n) is 8.93. The molecular formula is C22H46IN5O. The van der Waals surface area contributed by atoms with Crippen LogP contribution in [-0.2, 0) is 4.74 Å². The second kappa shape index (κ2) is 14.0. The maximum atomic E-state index is 5.67. The molecule has 0 atom stereocenters. The van der Waals surface area contributed by atoms with E-state index in [0.29, 0.717) is 12.1 Å². The van der Waals surface area contributed by atoms with Crippen LogP contribution in [0.1, 0.15) is 66.7 Å². The Hall–Kier alpha value is -0.120. The smallest absolute Gasteiger partial charge is 0.191 e. The average molecular weight is 524 g/mol. The van der Waals surface area contributed by atoms with E-state index in [-0.39, 0.29) is 29.5 Å². The average Bonchev–Trinajstić information content (AvgIpc) is 3.21. The number of hydrogen-bond acceptors (Lipinski definition) is 4. The Morgan fingerprint density at radius 3 is 2.24 bits per heavy atom. The molecule has 2 heterocycles. The van der Waals surface area contributed by atoms with Gasteiger partial charge in [-0.25, -0.2) is 0 Å². The largest absolute Gasteiger partial charge is 0.381 e. The fourth-order valence-electron chi connectivity index (χ4n) is 4.67. The van der Waals surface area contributed by atoms with Crippen LogP contribution in [0.4, 0.5) is 0 Å². The molecule has 0 radical (unpaired) electrons. The van der Waals surface area contributed by atoms with Crippen molar-refractivity contribution < 1.29 is 4.74 Å². The third kappa shape index (κ3) is 8.50. The van der Waals surface area contributed by atoms with E-state index in [4.69, 9.17) is 9.73 Å². The van der Waals surface area contributed by atoms with Crippen LogP contribution in [0.25, 0.3) is 0 Å². The molecule has 2 N–H and O–H groups in total. The Labute approximate surface area is 196 Å². The van der Waals surface area contributed by atoms with Crippen LogP contribution in [0.3, 0.4) is 0 Å². The van der Waals surface area contributed by atoms with Gasteiger partial charge in [0.15, 0.2) is 5.96 Å². The van der Waals surface area contributed by atoms with Crippen LogP contribution in [0, 0.1) is 0 Å². The lowest BCUT2D eigenvalue weighted by atomic mass is 9.88. The number of guanidine groups is 1. The van der Waals surface area contributed by atoms with Crippen molar-refractivity contribution in [1.82, 2.24) is 20.4 Å². The van der Waals surface area contributed by atoms with Crippen LogP contribution in [0.15, 0.2) is 4.99 Å². The van der Waals surface area contributed by atoms with Crippen molar-refractivity contribution >= 4 is 29.9 Å². The molecule has 0 aromatic carbocycles. The minimum atomic E-state index is 0. The number of nitrogens with zero attached hydrogens (tertiary/aromatic N) is 3. The molecule has 7 heteroatoms. The van der Waals surface area contributed by atoms with E-state index < -0.39 is 0 Å². The van der Waals surface area contributed by atoms with Crippen molar-refractivity contribution in [2.45, 2.75) is 84.3 Å². The summed E-state index contributed by atoms with van der Waals surface area (Å²) < 4.78 is 5.67. The van der Waals surface area contributed by atoms with Crippen molar-refractivity contribution in [3.8, 4) is 0 Å². The molecule has 0 amide bonds. The first-order valence-corrected chi connectivity index (χ1v) is 11.6. The lowest BCUT2D eigenvalue weighted by Gasteiger charge is -2.43. The highest BCUT2D eigenvalue weighted by Gasteiger charge is 2.39. The predicted octanol–water partition coefficient (Wildman–Crippen LogP) is 3.31. The van der Waals surface area contributed by atoms with Crippen LogP contribution >= 0.6 is 24.0 Å². The number of hydrogen-bond donors (Lipinski definition) is 2. The monoisotopic (exact) mass is 523 g/mol. The summed E-state index contributed by atoms with van der Waals surface area (Å²) in [5.74, 6) is 0.966. The molecule has 2 saturated heterocycles. The zero-order valence-electron chi connectivity index (χ0n) is 19.5. The first-order chi connectivity index (χ1) is 13.5. The van der Waals surface area contributed by atoms with Gasteiger partial charge in [0.1, 0.15) is 0 Å². The lowest BCUT2D eigenvalue weighted by Crippen LogP contribution is -2.54. The fourth-order valence-corrected chi connectivity index (χ4v) is 4.67. The van der Waals surface area contributed by atoms with Crippen LogP contribution in [0.5, 0.6) is 0 Å². The van der Waals surface area contributed by atoms with Crippen LogP contribution in [0.2, 0.25) is 0 Å². The van der Waals surface area contributed by atoms with E-state index in [0.717, 1.165) is 64.6 Å². The highest BCUT2D eigenvalue weighted by Crippen LogP contribution is 2.31. The maximum Gasteiger partial charge on any atom is 0.191 e. The van der Waals surface area contributed by atoms with E-state index in [2.05, 4.69) is 55.1 Å². The zero-order chi connectivity index (χ0) is 20.4. The van der Waals surface area contributed by atoms with E-state index >= 15 is 0 Å². The molecular weight excluding hydrogens is 477 g/mol. The molecule has 0 saturated carbocycles. The summed E-state index contributed by atoms with van der Waals surface area (Å²) in [5.41, 5.74) is 0.198. The molecule has 2 aliphatic rings. The number of likely N-dealkylation sites (tertiary alicyclic amines) is 1. The van der Waals surface area contributed by atoms with Crippen molar-refractivity contribution in [2.24, 2.45) is 4.99 Å². The van der Waals surface area contributed by atoms with E-state index in [1.165, 1.54) is 25.9 Å². The molecule has 0 aliphatic carbocycles. The number of aliphatic imine (C=N–C) groups is 1. The first-order valence-electron chi connectivity index (χ1n) is 11.6. The Bertz CT molecular complexity index is 452. The summed E-state index contributed by atoms with van der Waals surface area (Å²) in [5, 5.41) is 7.00. The molecule has 29 heavy (non-hydrogen) atoms. The summed E-state index contributed by atoms with van der Waals surface area (Å²) in [6.45, 7) is 19.3. The summed E-state index contributed by atoms with van der Waals surface area (Å²) >= 11 is 0. The van der Waals surface area contributed by atoms with E-state index in [1.54, 1.807) is 0 Å². The van der Waals surface area contributed by atoms with E-state index in [1.807, 2.05) is 0 Å². The molecule has 2 rings (SSSR count). The number of ether oxygens (including phenoxy) is 1. The van der Waals surface area contributed by atoms with Gasteiger partial charge in [0, 0.05) is 50.5 Å². The first kappa shape index (κ1) is 26.9. The number of rotatable bonds is 10. The number of nitrogens with one attached hydrogen (secondary N) is 2. The topological polar surface area (TPSA) is 52.1 Å². The van der Waals surface area contributed by atoms with Gasteiger partial charge in [0.25, 0.3) is 0 Å². The van der Waals surface area contributed by atoms with Gasteiger partial charge in [-0.2, -0.15) is 0 Å². The lowest BCUT2D eigenvalue weighted by molar-refractivity contribution is -0.0139. The molecule has 0 spiro atoms. The van der Waals surface area contributed by atoms with Gasteiger partial charge in [0.05, 0.1) is 6.54 Å². The molecule has 0 aromatic rings. The molecule has 172 valence electrons. The quantitative estimate of drug-likeness (QED) is 0.199. The Kier molecular flexibility index (Phi) is 13.0. The van der Waals surface area contributed by atoms with Crippen molar-refractivity contribution in [1.29, 1.82) is 0 Å². The molecule has 0 bridgehead atoms. The van der Waals surface area contributed by atoms with Gasteiger partial charge in [-0.05, 0) is 79.8 Å². The second-order valence-corrected chi connectivity index (χ2v) is 8.93. The summed E-state index contributed by atoms with van der Waals surface area (Å²) in [7, 11) is 0. The number of halogens is 1. The third-order valence-corrected chi connectivity index (χ3v) is 6.29. The highest BCUT2D eigenvalue weighted by atomic mass is 127. The molecule has 2 fully saturated rings. The van der Waals surface area contributed by atoms with Gasteiger partial charge in [0.2, 0.25) is 0 Å². The molecule has 0 unspecified atom stereocenters. The highest BCUT2D eigenvalue weighted by molar-refractivity contribution is 14.0. The standard InChI is InChI=1S/C22H45N5O.HI/c1-6-23-21(24-12-9-15-27(19(2)3)20(4)5)25-18-22(10-16-28-17-11-22)26-13-7-8-14-26;/h19-20H,6-18H2,1-5H3,(H2,23,24,25);1H. The molecule has 6 nitrogen and oxygen atoms in total. The van der Waals surface area contributed by atoms with E-state index in [9.17, 15) is 0 Å². The minimum Gasteiger partial charge on any atom is -0.381 e. The van der Waals surface area contributed by atoms with Gasteiger partial charge in [-0.3, -0.25) is 14.8 Å². The summed E-state index contributed by atoms with van der Waals surface area (Å²) in [6, 6.07) is 1.19. The fraction of sp³-hybridized carbons (Fsp3) is 0.955. The summed E-state index contributed by atoms with van der Waals surface area (Å²) in [6.07, 6.45) is 5.99. The van der Waals surface area contributed by atoms with Crippen molar-refractivity contribution in [3.63, 3.8) is 0 Å². The normalized spacial score (nSPS) is 20.3. The predicted molar refractivity (Wildman–Crippen MR) is 135 cm³/mol. The minimum absolute atomic E-state index is 0. The Morgan fingerprint density at radius 1 is 1.07 bits per heavy atom. The van der Waals surface area contributed by atoms with Gasteiger partial charge < -0.3 is 15.4 Å². The molecule has 0 aromatic heterocycles. The zero-order valence-corrected chi connectivity index (χ0v) is 21.8. The van der Waals surface area contributed by atoms with Gasteiger partial charge >= 0.3 is 0 Å². The van der Waals surface area contributed by atoms with Crippen molar-refractivity contribution in [3.05, 3.63) is 0 Å². The van der Waals surface area contributed by atoms with Crippen LogP contribution < -0.4 is 10.6 Å². The SMILES string of the molecule is CCNC(=NCC1(N2CCCC2)CCOCC1)NCCCN(C(C)C)C(C)C.I. The van der Waals surface area contributed by atoms with Crippen LogP contribution in [-0.4, -0.2) is 85.9 Å². The third-order valence-electron chi connectivity index (χ3n) is 6.29. The summed E-state index contributed by atoms with van der Waals surface area (Å²) in [4.78, 5) is 10.3. The Balaban J connectivity index is 0.00000420. The van der Waals surface area contributed by atoms with Gasteiger partial charge in [-0.15, -0.1) is 24.0 Å². The molecule has 2 aliphatic heterocycles. The van der Waals surface area contributed by atoms with Crippen molar-refractivity contribution in [2.75, 3.05) is 52.5 Å². The van der Waals surface area contributed by atoms with Gasteiger partial charge in [-0.1, -0.05) is 0 Å².